The maximum atomic E-state index is 11.3. The molecule has 0 aromatic rings. The Labute approximate surface area is 127 Å². The quantitative estimate of drug-likeness (QED) is 0.145. The minimum Gasteiger partial charge on any atom is -0.463 e. The molecule has 0 saturated heterocycles. The predicted octanol–water partition coefficient (Wildman–Crippen LogP) is -1.13. The Morgan fingerprint density at radius 3 is 2.05 bits per heavy atom. The molecule has 22 heavy (non-hydrogen) atoms. The van der Waals surface area contributed by atoms with Crippen molar-refractivity contribution < 1.29 is 44.6 Å². The summed E-state index contributed by atoms with van der Waals surface area (Å²) in [4.78, 5) is 22.3. The average Bonchev–Trinajstić information content (AvgIpc) is 2.37. The average molecular weight is 322 g/mol. The monoisotopic (exact) mass is 322 g/mol. The van der Waals surface area contributed by atoms with E-state index in [1.54, 1.807) is 6.92 Å². The second-order valence-electron chi connectivity index (χ2n) is 4.65. The maximum Gasteiger partial charge on any atom is 0.335 e. The summed E-state index contributed by atoms with van der Waals surface area (Å²) in [6.45, 7) is 2.00. The lowest BCUT2D eigenvalue weighted by atomic mass is 10.1. The van der Waals surface area contributed by atoms with Crippen LogP contribution in [0.5, 0.6) is 0 Å². The van der Waals surface area contributed by atoms with Crippen LogP contribution in [0.2, 0.25) is 0 Å². The minimum atomic E-state index is -2.83. The van der Waals surface area contributed by atoms with Crippen molar-refractivity contribution in [2.75, 3.05) is 6.61 Å². The molecular formula is C13H22O9. The molecule has 0 amide bonds. The number of aliphatic hydroxyl groups is 5. The van der Waals surface area contributed by atoms with Crippen molar-refractivity contribution in [1.29, 1.82) is 0 Å². The van der Waals surface area contributed by atoms with E-state index in [0.717, 1.165) is 6.08 Å². The van der Waals surface area contributed by atoms with Crippen LogP contribution in [0.25, 0.3) is 0 Å². The number of esters is 2. The van der Waals surface area contributed by atoms with E-state index >= 15 is 0 Å². The van der Waals surface area contributed by atoms with Gasteiger partial charge in [0.2, 0.25) is 0 Å². The molecule has 0 atom stereocenters. The molecule has 0 radical (unpaired) electrons. The summed E-state index contributed by atoms with van der Waals surface area (Å²) in [6, 6.07) is 0. The number of carbonyl (C=O) groups excluding carboxylic acids is 2. The van der Waals surface area contributed by atoms with Crippen LogP contribution in [0.3, 0.4) is 0 Å². The molecule has 5 N–H and O–H groups in total. The Morgan fingerprint density at radius 2 is 1.50 bits per heavy atom. The minimum absolute atomic E-state index is 0.0337. The van der Waals surface area contributed by atoms with Crippen LogP contribution in [0.15, 0.2) is 12.2 Å². The van der Waals surface area contributed by atoms with Gasteiger partial charge >= 0.3 is 17.9 Å². The first-order valence-corrected chi connectivity index (χ1v) is 6.75. The fourth-order valence-electron chi connectivity index (χ4n) is 1.35. The summed E-state index contributed by atoms with van der Waals surface area (Å²) in [5, 5.41) is 44.7. The first-order chi connectivity index (χ1) is 10.1. The largest absolute Gasteiger partial charge is 0.463 e. The van der Waals surface area contributed by atoms with Gasteiger partial charge in [0.25, 0.3) is 5.97 Å². The van der Waals surface area contributed by atoms with Gasteiger partial charge in [-0.1, -0.05) is 6.92 Å². The molecule has 0 heterocycles. The van der Waals surface area contributed by atoms with Gasteiger partial charge in [-0.15, -0.1) is 0 Å². The second kappa shape index (κ2) is 9.49. The maximum absolute atomic E-state index is 11.3. The van der Waals surface area contributed by atoms with Gasteiger partial charge in [-0.2, -0.15) is 0 Å². The van der Waals surface area contributed by atoms with E-state index in [1.165, 1.54) is 0 Å². The van der Waals surface area contributed by atoms with Gasteiger partial charge in [0, 0.05) is 25.0 Å². The summed E-state index contributed by atoms with van der Waals surface area (Å²) < 4.78 is 8.97. The molecule has 0 aromatic heterocycles. The number of hydrogen-bond donors (Lipinski definition) is 5. The highest BCUT2D eigenvalue weighted by Crippen LogP contribution is 2.16. The van der Waals surface area contributed by atoms with E-state index in [1.807, 2.05) is 0 Å². The number of rotatable bonds is 10. The van der Waals surface area contributed by atoms with Gasteiger partial charge in [0.1, 0.15) is 0 Å². The number of carbonyl (C=O) groups is 2. The molecule has 128 valence electrons. The van der Waals surface area contributed by atoms with Crippen molar-refractivity contribution in [1.82, 2.24) is 0 Å². The zero-order valence-electron chi connectivity index (χ0n) is 12.3. The summed E-state index contributed by atoms with van der Waals surface area (Å²) >= 11 is 0. The third-order valence-corrected chi connectivity index (χ3v) is 2.33. The Balaban J connectivity index is 4.10. The van der Waals surface area contributed by atoms with E-state index in [2.05, 4.69) is 9.47 Å². The Kier molecular flexibility index (Phi) is 8.83. The fraction of sp³-hybridized carbons (Fsp3) is 0.692. The van der Waals surface area contributed by atoms with Crippen LogP contribution in [0, 0.1) is 0 Å². The van der Waals surface area contributed by atoms with Crippen LogP contribution in [-0.4, -0.2) is 56.0 Å². The van der Waals surface area contributed by atoms with Crippen molar-refractivity contribution in [2.24, 2.45) is 0 Å². The fourth-order valence-corrected chi connectivity index (χ4v) is 1.35. The molecule has 9 nitrogen and oxygen atoms in total. The molecule has 0 bridgehead atoms. The Morgan fingerprint density at radius 1 is 0.955 bits per heavy atom. The highest BCUT2D eigenvalue weighted by molar-refractivity contribution is 5.91. The molecule has 0 spiro atoms. The highest BCUT2D eigenvalue weighted by Gasteiger charge is 2.28. The van der Waals surface area contributed by atoms with E-state index in [4.69, 9.17) is 15.3 Å². The van der Waals surface area contributed by atoms with Gasteiger partial charge in [-0.3, -0.25) is 0 Å². The zero-order chi connectivity index (χ0) is 17.2. The van der Waals surface area contributed by atoms with Crippen molar-refractivity contribution in [3.8, 4) is 0 Å². The lowest BCUT2D eigenvalue weighted by Crippen LogP contribution is -2.34. The van der Waals surface area contributed by atoms with E-state index in [0.29, 0.717) is 12.5 Å². The predicted molar refractivity (Wildman–Crippen MR) is 71.5 cm³/mol. The second-order valence-corrected chi connectivity index (χ2v) is 4.65. The smallest absolute Gasteiger partial charge is 0.335 e. The highest BCUT2D eigenvalue weighted by atomic mass is 16.8. The molecule has 9 heteroatoms. The molecule has 0 aliphatic heterocycles. The van der Waals surface area contributed by atoms with Crippen LogP contribution in [-0.2, 0) is 19.1 Å². The van der Waals surface area contributed by atoms with Crippen molar-refractivity contribution >= 4 is 11.9 Å². The van der Waals surface area contributed by atoms with Gasteiger partial charge in [0.05, 0.1) is 6.61 Å². The topological polar surface area (TPSA) is 154 Å². The van der Waals surface area contributed by atoms with E-state index in [-0.39, 0.29) is 19.4 Å². The van der Waals surface area contributed by atoms with Gasteiger partial charge < -0.3 is 35.0 Å². The van der Waals surface area contributed by atoms with Crippen LogP contribution in [0.4, 0.5) is 0 Å². The molecule has 0 unspecified atom stereocenters. The summed E-state index contributed by atoms with van der Waals surface area (Å²) in [6.07, 6.45) is 1.38. The SMILES string of the molecule is CCCOC(=O)/C=C/C(=O)OC(O)(O)CCCCC(O)(O)O. The summed E-state index contributed by atoms with van der Waals surface area (Å²) in [5.41, 5.74) is 0. The number of ether oxygens (including phenoxy) is 2. The molecular weight excluding hydrogens is 300 g/mol. The summed E-state index contributed by atoms with van der Waals surface area (Å²) in [5.74, 6) is -7.51. The van der Waals surface area contributed by atoms with E-state index < -0.39 is 36.7 Å². The standard InChI is InChI=1S/C13H22O9/c1-2-9-21-10(14)5-6-11(15)22-13(19,20)8-4-3-7-12(16,17)18/h5-6,16-20H,2-4,7-9H2,1H3/b6-5+. The van der Waals surface area contributed by atoms with Gasteiger partial charge in [0.15, 0.2) is 0 Å². The third kappa shape index (κ3) is 12.2. The summed E-state index contributed by atoms with van der Waals surface area (Å²) in [7, 11) is 0. The number of unbranched alkanes of at least 4 members (excludes halogenated alkanes) is 1. The first-order valence-electron chi connectivity index (χ1n) is 6.75. The lowest BCUT2D eigenvalue weighted by molar-refractivity contribution is -0.325. The van der Waals surface area contributed by atoms with Crippen molar-refractivity contribution in [2.45, 2.75) is 51.0 Å². The molecule has 0 aliphatic carbocycles. The normalized spacial score (nSPS) is 12.5. The van der Waals surface area contributed by atoms with Gasteiger partial charge in [-0.25, -0.2) is 9.59 Å². The molecule has 0 rings (SSSR count). The van der Waals surface area contributed by atoms with Crippen LogP contribution >= 0.6 is 0 Å². The molecule has 0 saturated carbocycles. The Bertz CT molecular complexity index is 381. The Hall–Kier alpha value is -1.52. The van der Waals surface area contributed by atoms with Crippen LogP contribution in [0.1, 0.15) is 39.0 Å². The van der Waals surface area contributed by atoms with Crippen molar-refractivity contribution in [3.63, 3.8) is 0 Å². The van der Waals surface area contributed by atoms with Crippen LogP contribution < -0.4 is 0 Å². The lowest BCUT2D eigenvalue weighted by Gasteiger charge is -2.21. The zero-order valence-corrected chi connectivity index (χ0v) is 12.3. The van der Waals surface area contributed by atoms with E-state index in [9.17, 15) is 19.8 Å². The third-order valence-electron chi connectivity index (χ3n) is 2.33. The first kappa shape index (κ1) is 20.5. The molecule has 0 aromatic carbocycles. The van der Waals surface area contributed by atoms with Gasteiger partial charge in [-0.05, 0) is 19.3 Å². The number of hydrogen-bond acceptors (Lipinski definition) is 9. The molecule has 0 aliphatic rings. The molecule has 0 fully saturated rings. The van der Waals surface area contributed by atoms with Crippen molar-refractivity contribution in [3.05, 3.63) is 12.2 Å².